The van der Waals surface area contributed by atoms with Crippen LogP contribution in [0.1, 0.15) is 26.7 Å². The lowest BCUT2D eigenvalue weighted by Crippen LogP contribution is -2.39. The Morgan fingerprint density at radius 2 is 1.64 bits per heavy atom. The molecule has 0 spiro atoms. The number of carbonyl (C=O) groups is 2. The summed E-state index contributed by atoms with van der Waals surface area (Å²) in [5.41, 5.74) is -1.26. The molecule has 2 amide bonds. The average Bonchev–Trinajstić information content (AvgIpc) is 2.95. The van der Waals surface area contributed by atoms with Gasteiger partial charge in [0.15, 0.2) is 11.0 Å². The fourth-order valence-corrected chi connectivity index (χ4v) is 2.09. The van der Waals surface area contributed by atoms with Crippen molar-refractivity contribution in [2.45, 2.75) is 26.7 Å². The van der Waals surface area contributed by atoms with Gasteiger partial charge in [0, 0.05) is 26.9 Å². The van der Waals surface area contributed by atoms with Crippen molar-refractivity contribution in [3.8, 4) is 0 Å². The Morgan fingerprint density at radius 3 is 2.14 bits per heavy atom. The number of hydrogen-bond donors (Lipinski definition) is 0. The van der Waals surface area contributed by atoms with Crippen LogP contribution < -0.4 is 16.1 Å². The summed E-state index contributed by atoms with van der Waals surface area (Å²) in [4.78, 5) is 49.1. The lowest BCUT2D eigenvalue weighted by molar-refractivity contribution is -0.126. The molecule has 0 N–H and O–H groups in total. The van der Waals surface area contributed by atoms with Gasteiger partial charge in [0.2, 0.25) is 11.8 Å². The van der Waals surface area contributed by atoms with Crippen LogP contribution in [-0.4, -0.2) is 26.1 Å². The minimum absolute atomic E-state index is 0.0130. The SMILES string of the molecule is CCC(=O)N(C(=O)CC)c1onc2c1c(=O)n(C)c(=O)n2C. The zero-order valence-corrected chi connectivity index (χ0v) is 12.7. The molecule has 2 aromatic heterocycles. The first-order valence-corrected chi connectivity index (χ1v) is 6.76. The van der Waals surface area contributed by atoms with E-state index in [1.165, 1.54) is 14.1 Å². The maximum atomic E-state index is 12.3. The molecule has 0 fully saturated rings. The second-order valence-electron chi connectivity index (χ2n) is 4.72. The smallest absolute Gasteiger partial charge is 0.332 e. The summed E-state index contributed by atoms with van der Waals surface area (Å²) in [6.07, 6.45) is 0.111. The molecular formula is C13H16N4O5. The van der Waals surface area contributed by atoms with Crippen molar-refractivity contribution in [1.82, 2.24) is 14.3 Å². The van der Waals surface area contributed by atoms with Crippen molar-refractivity contribution in [3.63, 3.8) is 0 Å². The van der Waals surface area contributed by atoms with E-state index in [0.717, 1.165) is 14.0 Å². The highest BCUT2D eigenvalue weighted by atomic mass is 16.5. The molecule has 2 aromatic rings. The topological polar surface area (TPSA) is 107 Å². The molecule has 0 radical (unpaired) electrons. The van der Waals surface area contributed by atoms with Gasteiger partial charge in [-0.15, -0.1) is 0 Å². The number of aryl methyl sites for hydroxylation is 1. The van der Waals surface area contributed by atoms with E-state index in [4.69, 9.17) is 4.52 Å². The van der Waals surface area contributed by atoms with E-state index >= 15 is 0 Å². The maximum absolute atomic E-state index is 12.3. The van der Waals surface area contributed by atoms with E-state index < -0.39 is 23.1 Å². The second kappa shape index (κ2) is 5.58. The highest BCUT2D eigenvalue weighted by molar-refractivity contribution is 6.16. The van der Waals surface area contributed by atoms with Gasteiger partial charge in [0.1, 0.15) is 0 Å². The van der Waals surface area contributed by atoms with Gasteiger partial charge in [-0.2, -0.15) is 0 Å². The van der Waals surface area contributed by atoms with Gasteiger partial charge in [-0.05, 0) is 0 Å². The maximum Gasteiger partial charge on any atom is 0.332 e. The third-order valence-corrected chi connectivity index (χ3v) is 3.37. The van der Waals surface area contributed by atoms with Crippen molar-refractivity contribution >= 4 is 28.7 Å². The number of rotatable bonds is 3. The van der Waals surface area contributed by atoms with Crippen LogP contribution in [-0.2, 0) is 23.7 Å². The summed E-state index contributed by atoms with van der Waals surface area (Å²) in [6, 6.07) is 0. The molecule has 0 unspecified atom stereocenters. The van der Waals surface area contributed by atoms with Gasteiger partial charge in [-0.25, -0.2) is 9.69 Å². The van der Waals surface area contributed by atoms with Gasteiger partial charge >= 0.3 is 5.69 Å². The second-order valence-corrected chi connectivity index (χ2v) is 4.72. The van der Waals surface area contributed by atoms with E-state index in [1.807, 2.05) is 0 Å². The number of amides is 2. The lowest BCUT2D eigenvalue weighted by Gasteiger charge is -2.16. The van der Waals surface area contributed by atoms with E-state index in [2.05, 4.69) is 5.16 Å². The molecule has 9 heteroatoms. The molecule has 0 aromatic carbocycles. The summed E-state index contributed by atoms with van der Waals surface area (Å²) >= 11 is 0. The Hall–Kier alpha value is -2.71. The van der Waals surface area contributed by atoms with Crippen molar-refractivity contribution in [2.24, 2.45) is 14.1 Å². The number of carbonyl (C=O) groups excluding carboxylic acids is 2. The quantitative estimate of drug-likeness (QED) is 0.784. The summed E-state index contributed by atoms with van der Waals surface area (Å²) in [5, 5.41) is 3.59. The molecule has 0 aliphatic heterocycles. The van der Waals surface area contributed by atoms with Crippen LogP contribution in [0.15, 0.2) is 14.1 Å². The average molecular weight is 308 g/mol. The molecule has 2 heterocycles. The predicted octanol–water partition coefficient (Wildman–Crippen LogP) is -0.0952. The van der Waals surface area contributed by atoms with Gasteiger partial charge in [-0.1, -0.05) is 19.0 Å². The van der Waals surface area contributed by atoms with Crippen LogP contribution in [0.4, 0.5) is 5.88 Å². The predicted molar refractivity (Wildman–Crippen MR) is 77.6 cm³/mol. The number of nitrogens with zero attached hydrogens (tertiary/aromatic N) is 4. The van der Waals surface area contributed by atoms with Crippen molar-refractivity contribution < 1.29 is 14.1 Å². The fraction of sp³-hybridized carbons (Fsp3) is 0.462. The number of aromatic nitrogens is 3. The number of fused-ring (bicyclic) bond motifs is 1. The summed E-state index contributed by atoms with van der Waals surface area (Å²) < 4.78 is 7.04. The normalized spacial score (nSPS) is 10.9. The highest BCUT2D eigenvalue weighted by Crippen LogP contribution is 2.24. The summed E-state index contributed by atoms with van der Waals surface area (Å²) in [7, 11) is 2.72. The van der Waals surface area contributed by atoms with Crippen molar-refractivity contribution in [2.75, 3.05) is 4.90 Å². The van der Waals surface area contributed by atoms with Crippen LogP contribution in [0.25, 0.3) is 11.0 Å². The van der Waals surface area contributed by atoms with Crippen LogP contribution in [0.2, 0.25) is 0 Å². The molecule has 0 aliphatic carbocycles. The Morgan fingerprint density at radius 1 is 1.09 bits per heavy atom. The Kier molecular flexibility index (Phi) is 3.98. The molecule has 2 rings (SSSR count). The van der Waals surface area contributed by atoms with Crippen molar-refractivity contribution in [1.29, 1.82) is 0 Å². The standard InChI is InChI=1S/C13H16N4O5/c1-5-7(18)17(8(19)6-2)12-9-10(14-22-12)15(3)13(21)16(4)11(9)20/h5-6H2,1-4H3. The zero-order chi connectivity index (χ0) is 16.6. The highest BCUT2D eigenvalue weighted by Gasteiger charge is 2.29. The van der Waals surface area contributed by atoms with Crippen LogP contribution in [0, 0.1) is 0 Å². The Balaban J connectivity index is 2.87. The molecule has 9 nitrogen and oxygen atoms in total. The molecule has 0 saturated carbocycles. The fourth-order valence-electron chi connectivity index (χ4n) is 2.09. The zero-order valence-electron chi connectivity index (χ0n) is 12.7. The largest absolute Gasteiger partial charge is 0.335 e. The Bertz CT molecular complexity index is 857. The number of anilines is 1. The molecule has 0 saturated heterocycles. The van der Waals surface area contributed by atoms with Crippen LogP contribution in [0.3, 0.4) is 0 Å². The first-order valence-electron chi connectivity index (χ1n) is 6.76. The van der Waals surface area contributed by atoms with Crippen LogP contribution >= 0.6 is 0 Å². The molecule has 118 valence electrons. The third-order valence-electron chi connectivity index (χ3n) is 3.37. The van der Waals surface area contributed by atoms with Crippen molar-refractivity contribution in [3.05, 3.63) is 20.8 Å². The minimum atomic E-state index is -0.674. The summed E-state index contributed by atoms with van der Waals surface area (Å²) in [6.45, 7) is 3.18. The van der Waals surface area contributed by atoms with Gasteiger partial charge < -0.3 is 4.52 Å². The molecule has 0 atom stereocenters. The van der Waals surface area contributed by atoms with Gasteiger partial charge in [-0.3, -0.25) is 23.5 Å². The lowest BCUT2D eigenvalue weighted by atomic mass is 10.3. The number of imide groups is 1. The monoisotopic (exact) mass is 308 g/mol. The van der Waals surface area contributed by atoms with Gasteiger partial charge in [0.25, 0.3) is 11.4 Å². The van der Waals surface area contributed by atoms with E-state index in [9.17, 15) is 19.2 Å². The van der Waals surface area contributed by atoms with E-state index in [1.54, 1.807) is 13.8 Å². The van der Waals surface area contributed by atoms with Crippen LogP contribution in [0.5, 0.6) is 0 Å². The molecule has 0 aliphatic rings. The molecule has 0 bridgehead atoms. The minimum Gasteiger partial charge on any atom is -0.335 e. The van der Waals surface area contributed by atoms with E-state index in [0.29, 0.717) is 0 Å². The first kappa shape index (κ1) is 15.7. The van der Waals surface area contributed by atoms with E-state index in [-0.39, 0.29) is 29.8 Å². The molecular weight excluding hydrogens is 292 g/mol. The Labute approximate surface area is 124 Å². The first-order chi connectivity index (χ1) is 10.3. The third kappa shape index (κ3) is 2.14. The molecule has 22 heavy (non-hydrogen) atoms. The summed E-state index contributed by atoms with van der Waals surface area (Å²) in [5.74, 6) is -1.27. The van der Waals surface area contributed by atoms with Gasteiger partial charge in [0.05, 0.1) is 0 Å². The number of hydrogen-bond acceptors (Lipinski definition) is 6.